The van der Waals surface area contributed by atoms with Crippen LogP contribution in [0.4, 0.5) is 5.69 Å². The van der Waals surface area contributed by atoms with Gasteiger partial charge in [0.2, 0.25) is 0 Å². The molecule has 2 rings (SSSR count). The van der Waals surface area contributed by atoms with Crippen molar-refractivity contribution in [1.29, 1.82) is 0 Å². The van der Waals surface area contributed by atoms with Crippen LogP contribution in [0.15, 0.2) is 6.20 Å². The average molecular weight is 211 g/mol. The van der Waals surface area contributed by atoms with Gasteiger partial charge in [0.15, 0.2) is 0 Å². The van der Waals surface area contributed by atoms with Crippen LogP contribution in [-0.4, -0.2) is 29.1 Å². The Morgan fingerprint density at radius 2 is 2.33 bits per heavy atom. The Balaban J connectivity index is 1.81. The van der Waals surface area contributed by atoms with Gasteiger partial charge < -0.3 is 15.2 Å². The molecular weight excluding hydrogens is 194 g/mol. The van der Waals surface area contributed by atoms with Crippen molar-refractivity contribution >= 4 is 5.69 Å². The smallest absolute Gasteiger partial charge is 0.139 e. The largest absolute Gasteiger partial charge is 0.396 e. The fourth-order valence-corrected chi connectivity index (χ4v) is 1.62. The highest BCUT2D eigenvalue weighted by Gasteiger charge is 2.14. The van der Waals surface area contributed by atoms with Gasteiger partial charge in [-0.05, 0) is 19.8 Å². The number of nitrogen functional groups attached to an aromatic ring is 1. The van der Waals surface area contributed by atoms with Crippen molar-refractivity contribution in [3.63, 3.8) is 0 Å². The highest BCUT2D eigenvalue weighted by atomic mass is 16.5. The Morgan fingerprint density at radius 3 is 2.93 bits per heavy atom. The fraction of sp³-hybridized carbons (Fsp3) is 0.700. The van der Waals surface area contributed by atoms with Gasteiger partial charge in [-0.1, -0.05) is 0 Å². The molecule has 0 radical (unpaired) electrons. The number of nitrogens with two attached hydrogens (primary N) is 1. The van der Waals surface area contributed by atoms with Crippen LogP contribution in [0.2, 0.25) is 0 Å². The topological polar surface area (TPSA) is 62.3 Å². The van der Waals surface area contributed by atoms with Crippen LogP contribution < -0.4 is 5.73 Å². The van der Waals surface area contributed by atoms with Gasteiger partial charge in [-0.2, -0.15) is 5.10 Å². The standard InChI is InChI=1S/C10H17N3O2/c1-8-10(11)6-13(12-8)7-15-9-2-4-14-5-3-9/h6,9H,2-5,7,11H2,1H3. The van der Waals surface area contributed by atoms with Gasteiger partial charge in [0, 0.05) is 13.2 Å². The van der Waals surface area contributed by atoms with E-state index >= 15 is 0 Å². The van der Waals surface area contributed by atoms with Crippen LogP contribution in [0.3, 0.4) is 0 Å². The van der Waals surface area contributed by atoms with Crippen molar-refractivity contribution in [3.05, 3.63) is 11.9 Å². The lowest BCUT2D eigenvalue weighted by molar-refractivity contribution is -0.0600. The number of rotatable bonds is 3. The average Bonchev–Trinajstić information content (AvgIpc) is 2.57. The predicted octanol–water partition coefficient (Wildman–Crippen LogP) is 0.927. The van der Waals surface area contributed by atoms with E-state index in [1.165, 1.54) is 0 Å². The predicted molar refractivity (Wildman–Crippen MR) is 56.3 cm³/mol. The minimum absolute atomic E-state index is 0.296. The van der Waals surface area contributed by atoms with Crippen LogP contribution in [0.1, 0.15) is 18.5 Å². The Morgan fingerprint density at radius 1 is 1.60 bits per heavy atom. The van der Waals surface area contributed by atoms with Gasteiger partial charge in [-0.25, -0.2) is 4.68 Å². The van der Waals surface area contributed by atoms with E-state index < -0.39 is 0 Å². The summed E-state index contributed by atoms with van der Waals surface area (Å²) in [5.74, 6) is 0. The molecule has 15 heavy (non-hydrogen) atoms. The van der Waals surface area contributed by atoms with Crippen molar-refractivity contribution in [2.75, 3.05) is 18.9 Å². The highest BCUT2D eigenvalue weighted by Crippen LogP contribution is 2.12. The molecule has 1 aromatic rings. The Labute approximate surface area is 89.2 Å². The van der Waals surface area contributed by atoms with E-state index in [9.17, 15) is 0 Å². The summed E-state index contributed by atoms with van der Waals surface area (Å²) < 4.78 is 12.7. The second-order valence-electron chi connectivity index (χ2n) is 3.82. The van der Waals surface area contributed by atoms with E-state index in [4.69, 9.17) is 15.2 Å². The van der Waals surface area contributed by atoms with Crippen LogP contribution in [-0.2, 0) is 16.2 Å². The quantitative estimate of drug-likeness (QED) is 0.807. The van der Waals surface area contributed by atoms with E-state index in [1.807, 2.05) is 6.92 Å². The Hall–Kier alpha value is -1.07. The number of aryl methyl sites for hydroxylation is 1. The number of anilines is 1. The molecule has 1 saturated heterocycles. The molecule has 1 aromatic heterocycles. The fourth-order valence-electron chi connectivity index (χ4n) is 1.62. The molecular formula is C10H17N3O2. The number of ether oxygens (including phenoxy) is 2. The van der Waals surface area contributed by atoms with Crippen molar-refractivity contribution in [3.8, 4) is 0 Å². The second-order valence-corrected chi connectivity index (χ2v) is 3.82. The zero-order valence-electron chi connectivity index (χ0n) is 8.98. The maximum absolute atomic E-state index is 5.70. The lowest BCUT2D eigenvalue weighted by atomic mass is 10.2. The van der Waals surface area contributed by atoms with Crippen molar-refractivity contribution in [1.82, 2.24) is 9.78 Å². The molecule has 5 heteroatoms. The molecule has 0 spiro atoms. The summed E-state index contributed by atoms with van der Waals surface area (Å²) in [6.07, 6.45) is 4.03. The molecule has 0 bridgehead atoms. The van der Waals surface area contributed by atoms with E-state index in [0.29, 0.717) is 18.5 Å². The van der Waals surface area contributed by atoms with E-state index in [1.54, 1.807) is 10.9 Å². The number of hydrogen-bond acceptors (Lipinski definition) is 4. The van der Waals surface area contributed by atoms with E-state index in [-0.39, 0.29) is 0 Å². The van der Waals surface area contributed by atoms with Crippen LogP contribution in [0.25, 0.3) is 0 Å². The first-order valence-corrected chi connectivity index (χ1v) is 5.24. The third kappa shape index (κ3) is 2.70. The molecule has 1 aliphatic heterocycles. The van der Waals surface area contributed by atoms with Gasteiger partial charge in [-0.3, -0.25) is 0 Å². The van der Waals surface area contributed by atoms with Gasteiger partial charge in [-0.15, -0.1) is 0 Å². The molecule has 84 valence electrons. The molecule has 0 saturated carbocycles. The van der Waals surface area contributed by atoms with Crippen molar-refractivity contribution in [2.24, 2.45) is 0 Å². The SMILES string of the molecule is Cc1nn(COC2CCOCC2)cc1N. The first kappa shape index (κ1) is 10.4. The zero-order chi connectivity index (χ0) is 10.7. The maximum Gasteiger partial charge on any atom is 0.139 e. The van der Waals surface area contributed by atoms with E-state index in [0.717, 1.165) is 31.7 Å². The maximum atomic E-state index is 5.70. The van der Waals surface area contributed by atoms with Gasteiger partial charge >= 0.3 is 0 Å². The summed E-state index contributed by atoms with van der Waals surface area (Å²) in [4.78, 5) is 0. The van der Waals surface area contributed by atoms with Crippen LogP contribution in [0, 0.1) is 6.92 Å². The molecule has 1 aliphatic rings. The second kappa shape index (κ2) is 4.63. The molecule has 0 atom stereocenters. The van der Waals surface area contributed by atoms with Gasteiger partial charge in [0.1, 0.15) is 6.73 Å². The summed E-state index contributed by atoms with van der Waals surface area (Å²) in [7, 11) is 0. The molecule has 0 aliphatic carbocycles. The first-order valence-electron chi connectivity index (χ1n) is 5.24. The minimum Gasteiger partial charge on any atom is -0.396 e. The van der Waals surface area contributed by atoms with Crippen molar-refractivity contribution < 1.29 is 9.47 Å². The minimum atomic E-state index is 0.296. The lowest BCUT2D eigenvalue weighted by Gasteiger charge is -2.22. The number of aromatic nitrogens is 2. The number of nitrogens with zero attached hydrogens (tertiary/aromatic N) is 2. The molecule has 0 unspecified atom stereocenters. The summed E-state index contributed by atoms with van der Waals surface area (Å²) in [6.45, 7) is 3.96. The molecule has 0 aromatic carbocycles. The summed E-state index contributed by atoms with van der Waals surface area (Å²) in [5.41, 5.74) is 7.26. The monoisotopic (exact) mass is 211 g/mol. The molecule has 0 amide bonds. The van der Waals surface area contributed by atoms with Gasteiger partial charge in [0.05, 0.1) is 23.7 Å². The van der Waals surface area contributed by atoms with E-state index in [2.05, 4.69) is 5.10 Å². The third-order valence-electron chi connectivity index (χ3n) is 2.60. The summed E-state index contributed by atoms with van der Waals surface area (Å²) in [6, 6.07) is 0. The lowest BCUT2D eigenvalue weighted by Crippen LogP contribution is -2.24. The molecule has 1 fully saturated rings. The Bertz CT molecular complexity index is 299. The molecule has 2 N–H and O–H groups in total. The first-order chi connectivity index (χ1) is 7.25. The summed E-state index contributed by atoms with van der Waals surface area (Å²) >= 11 is 0. The normalized spacial score (nSPS) is 18.2. The van der Waals surface area contributed by atoms with Crippen molar-refractivity contribution in [2.45, 2.75) is 32.6 Å². The molecule has 2 heterocycles. The van der Waals surface area contributed by atoms with Crippen LogP contribution in [0.5, 0.6) is 0 Å². The zero-order valence-corrected chi connectivity index (χ0v) is 8.98. The molecule has 5 nitrogen and oxygen atoms in total. The highest BCUT2D eigenvalue weighted by molar-refractivity contribution is 5.39. The van der Waals surface area contributed by atoms with Crippen LogP contribution >= 0.6 is 0 Å². The van der Waals surface area contributed by atoms with Gasteiger partial charge in [0.25, 0.3) is 0 Å². The summed E-state index contributed by atoms with van der Waals surface area (Å²) in [5, 5.41) is 4.23. The number of hydrogen-bond donors (Lipinski definition) is 1. The third-order valence-corrected chi connectivity index (χ3v) is 2.60. The Kier molecular flexibility index (Phi) is 3.23.